The first-order valence-electron chi connectivity index (χ1n) is 5.84. The summed E-state index contributed by atoms with van der Waals surface area (Å²) in [5.41, 5.74) is 4.59. The fourth-order valence-corrected chi connectivity index (χ4v) is 1.45. The number of amides is 1. The third kappa shape index (κ3) is 4.34. The lowest BCUT2D eigenvalue weighted by atomic mass is 10.2. The van der Waals surface area contributed by atoms with Gasteiger partial charge in [0.2, 0.25) is 0 Å². The molecule has 0 aromatic heterocycles. The summed E-state index contributed by atoms with van der Waals surface area (Å²) >= 11 is 0. The molecule has 0 saturated heterocycles. The zero-order valence-electron chi connectivity index (χ0n) is 10.8. The molecule has 0 saturated carbocycles. The Balaban J connectivity index is 2.66. The van der Waals surface area contributed by atoms with Gasteiger partial charge in [0.1, 0.15) is 30.2 Å². The largest absolute Gasteiger partial charge is 0.485 e. The second-order valence-electron chi connectivity index (χ2n) is 3.79. The number of carbonyl (C=O) groups excluding carboxylic acids is 3. The number of hydrogen-bond acceptors (Lipinski definition) is 5. The third-order valence-electron chi connectivity index (χ3n) is 2.26. The predicted octanol–water partition coefficient (Wildman–Crippen LogP) is 0.826. The number of rotatable bonds is 7. The van der Waals surface area contributed by atoms with Crippen LogP contribution in [0.5, 0.6) is 5.75 Å². The van der Waals surface area contributed by atoms with E-state index < -0.39 is 42.1 Å². The van der Waals surface area contributed by atoms with Crippen molar-refractivity contribution in [3.63, 3.8) is 0 Å². The quantitative estimate of drug-likeness (QED) is 0.590. The number of carbonyl (C=O) groups is 3. The first-order valence-corrected chi connectivity index (χ1v) is 5.84. The summed E-state index contributed by atoms with van der Waals surface area (Å²) < 4.78 is 23.0. The Labute approximate surface area is 114 Å². The summed E-state index contributed by atoms with van der Waals surface area (Å²) in [6.07, 6.45) is -0.449. The Morgan fingerprint density at radius 1 is 1.30 bits per heavy atom. The van der Waals surface area contributed by atoms with Crippen LogP contribution in [0.3, 0.4) is 0 Å². The highest BCUT2D eigenvalue weighted by Crippen LogP contribution is 2.20. The van der Waals surface area contributed by atoms with Crippen LogP contribution in [0.1, 0.15) is 23.7 Å². The molecular weight excluding hydrogens is 269 g/mol. The van der Waals surface area contributed by atoms with Crippen molar-refractivity contribution in [2.24, 2.45) is 5.73 Å². The van der Waals surface area contributed by atoms with E-state index in [-0.39, 0.29) is 12.4 Å². The van der Waals surface area contributed by atoms with Gasteiger partial charge in [-0.15, -0.1) is 0 Å². The molecular formula is C13H14FNO5. The third-order valence-corrected chi connectivity index (χ3v) is 2.26. The summed E-state index contributed by atoms with van der Waals surface area (Å²) in [5, 5.41) is 0. The van der Waals surface area contributed by atoms with Gasteiger partial charge in [0.05, 0.1) is 6.61 Å². The molecule has 0 spiro atoms. The molecule has 1 amide bonds. The van der Waals surface area contributed by atoms with Crippen molar-refractivity contribution in [3.8, 4) is 5.75 Å². The molecule has 0 radical (unpaired) electrons. The lowest BCUT2D eigenvalue weighted by Crippen LogP contribution is -2.20. The lowest BCUT2D eigenvalue weighted by molar-refractivity contribution is -0.145. The summed E-state index contributed by atoms with van der Waals surface area (Å²) in [7, 11) is 0. The number of esters is 1. The standard InChI is InChI=1S/C13H14FNO5/c1-2-19-11(17)6-8(16)7-20-10-5-3-4-9(14)12(10)13(15)18/h3-5H,2,6-7H2,1H3,(H2,15,18). The number of primary amides is 1. The van der Waals surface area contributed by atoms with E-state index in [2.05, 4.69) is 4.74 Å². The van der Waals surface area contributed by atoms with E-state index >= 15 is 0 Å². The zero-order chi connectivity index (χ0) is 15.1. The Morgan fingerprint density at radius 3 is 2.60 bits per heavy atom. The van der Waals surface area contributed by atoms with Crippen LogP contribution in [0.25, 0.3) is 0 Å². The van der Waals surface area contributed by atoms with E-state index in [4.69, 9.17) is 10.5 Å². The maximum absolute atomic E-state index is 13.4. The number of Topliss-reactive ketones (excluding diaryl/α,β-unsaturated/α-hetero) is 1. The Bertz CT molecular complexity index is 529. The fraction of sp³-hybridized carbons (Fsp3) is 0.308. The van der Waals surface area contributed by atoms with Gasteiger partial charge < -0.3 is 15.2 Å². The highest BCUT2D eigenvalue weighted by molar-refractivity contribution is 5.97. The SMILES string of the molecule is CCOC(=O)CC(=O)COc1cccc(F)c1C(N)=O. The van der Waals surface area contributed by atoms with Gasteiger partial charge >= 0.3 is 5.97 Å². The molecule has 0 heterocycles. The van der Waals surface area contributed by atoms with Crippen molar-refractivity contribution in [2.75, 3.05) is 13.2 Å². The second kappa shape index (κ2) is 7.22. The van der Waals surface area contributed by atoms with Crippen LogP contribution in [0.15, 0.2) is 18.2 Å². The van der Waals surface area contributed by atoms with Gasteiger partial charge in [-0.25, -0.2) is 4.39 Å². The summed E-state index contributed by atoms with van der Waals surface area (Å²) in [6.45, 7) is 1.30. The minimum Gasteiger partial charge on any atom is -0.485 e. The minimum atomic E-state index is -1.00. The van der Waals surface area contributed by atoms with Gasteiger partial charge in [-0.3, -0.25) is 14.4 Å². The van der Waals surface area contributed by atoms with Gasteiger partial charge in [0, 0.05) is 0 Å². The predicted molar refractivity (Wildman–Crippen MR) is 66.7 cm³/mol. The topological polar surface area (TPSA) is 95.7 Å². The van der Waals surface area contributed by atoms with Crippen molar-refractivity contribution >= 4 is 17.7 Å². The number of ether oxygens (including phenoxy) is 2. The van der Waals surface area contributed by atoms with Crippen molar-refractivity contribution < 1.29 is 28.2 Å². The van der Waals surface area contributed by atoms with E-state index in [0.717, 1.165) is 6.07 Å². The highest BCUT2D eigenvalue weighted by atomic mass is 19.1. The van der Waals surface area contributed by atoms with E-state index in [9.17, 15) is 18.8 Å². The van der Waals surface area contributed by atoms with Gasteiger partial charge in [-0.1, -0.05) is 6.07 Å². The fourth-order valence-electron chi connectivity index (χ4n) is 1.45. The van der Waals surface area contributed by atoms with Crippen LogP contribution in [0.2, 0.25) is 0 Å². The van der Waals surface area contributed by atoms with E-state index in [0.29, 0.717) is 0 Å². The molecule has 6 nitrogen and oxygen atoms in total. The number of halogens is 1. The number of benzene rings is 1. The Hall–Kier alpha value is -2.44. The molecule has 0 atom stereocenters. The van der Waals surface area contributed by atoms with Crippen LogP contribution in [0.4, 0.5) is 4.39 Å². The molecule has 0 fully saturated rings. The van der Waals surface area contributed by atoms with Crippen molar-refractivity contribution in [2.45, 2.75) is 13.3 Å². The maximum atomic E-state index is 13.4. The molecule has 0 unspecified atom stereocenters. The molecule has 1 aromatic rings. The highest BCUT2D eigenvalue weighted by Gasteiger charge is 2.17. The molecule has 0 aliphatic carbocycles. The zero-order valence-corrected chi connectivity index (χ0v) is 10.8. The number of nitrogens with two attached hydrogens (primary N) is 1. The smallest absolute Gasteiger partial charge is 0.313 e. The van der Waals surface area contributed by atoms with Gasteiger partial charge in [0.15, 0.2) is 5.78 Å². The maximum Gasteiger partial charge on any atom is 0.313 e. The second-order valence-corrected chi connectivity index (χ2v) is 3.79. The molecule has 0 aliphatic heterocycles. The number of ketones is 1. The lowest BCUT2D eigenvalue weighted by Gasteiger charge is -2.09. The van der Waals surface area contributed by atoms with Crippen molar-refractivity contribution in [1.29, 1.82) is 0 Å². The molecule has 0 bridgehead atoms. The summed E-state index contributed by atoms with van der Waals surface area (Å²) in [5.74, 6) is -3.21. The number of hydrogen-bond donors (Lipinski definition) is 1. The normalized spacial score (nSPS) is 9.90. The molecule has 1 aromatic carbocycles. The summed E-state index contributed by atoms with van der Waals surface area (Å²) in [6, 6.07) is 3.67. The molecule has 1 rings (SSSR count). The summed E-state index contributed by atoms with van der Waals surface area (Å²) in [4.78, 5) is 33.6. The van der Waals surface area contributed by atoms with E-state index in [1.807, 2.05) is 0 Å². The van der Waals surface area contributed by atoms with Crippen LogP contribution < -0.4 is 10.5 Å². The monoisotopic (exact) mass is 283 g/mol. The molecule has 7 heteroatoms. The van der Waals surface area contributed by atoms with Gasteiger partial charge in [0.25, 0.3) is 5.91 Å². The Kier molecular flexibility index (Phi) is 5.64. The van der Waals surface area contributed by atoms with Gasteiger partial charge in [-0.2, -0.15) is 0 Å². The molecule has 20 heavy (non-hydrogen) atoms. The Morgan fingerprint density at radius 2 is 2.00 bits per heavy atom. The first-order chi connectivity index (χ1) is 9.45. The van der Waals surface area contributed by atoms with Crippen molar-refractivity contribution in [1.82, 2.24) is 0 Å². The van der Waals surface area contributed by atoms with E-state index in [1.54, 1.807) is 6.92 Å². The minimum absolute atomic E-state index is 0.144. The van der Waals surface area contributed by atoms with Crippen LogP contribution in [-0.4, -0.2) is 30.9 Å². The van der Waals surface area contributed by atoms with Gasteiger partial charge in [-0.05, 0) is 19.1 Å². The van der Waals surface area contributed by atoms with Crippen LogP contribution >= 0.6 is 0 Å². The van der Waals surface area contributed by atoms with E-state index in [1.165, 1.54) is 12.1 Å². The molecule has 0 aliphatic rings. The molecule has 2 N–H and O–H groups in total. The average molecular weight is 283 g/mol. The van der Waals surface area contributed by atoms with Crippen molar-refractivity contribution in [3.05, 3.63) is 29.6 Å². The van der Waals surface area contributed by atoms with Crippen LogP contribution in [0, 0.1) is 5.82 Å². The first kappa shape index (κ1) is 15.6. The van der Waals surface area contributed by atoms with Crippen LogP contribution in [-0.2, 0) is 14.3 Å². The average Bonchev–Trinajstić information content (AvgIpc) is 2.36. The molecule has 108 valence electrons.